The van der Waals surface area contributed by atoms with E-state index < -0.39 is 0 Å². The molecule has 4 aromatic rings. The van der Waals surface area contributed by atoms with Gasteiger partial charge in [0.25, 0.3) is 5.91 Å². The molecule has 0 spiro atoms. The second-order valence-corrected chi connectivity index (χ2v) is 9.74. The molecule has 1 aliphatic heterocycles. The van der Waals surface area contributed by atoms with Gasteiger partial charge in [0.1, 0.15) is 17.3 Å². The highest BCUT2D eigenvalue weighted by atomic mass is 79.9. The Morgan fingerprint density at radius 1 is 1.14 bits per heavy atom. The molecule has 0 aliphatic carbocycles. The van der Waals surface area contributed by atoms with Crippen molar-refractivity contribution in [2.24, 2.45) is 0 Å². The highest BCUT2D eigenvalue weighted by Gasteiger charge is 2.26. The van der Waals surface area contributed by atoms with Gasteiger partial charge in [-0.1, -0.05) is 44.5 Å². The average Bonchev–Trinajstić information content (AvgIpc) is 3.30. The number of amides is 1. The number of ether oxygens (including phenoxy) is 1. The Morgan fingerprint density at radius 3 is 2.51 bits per heavy atom. The van der Waals surface area contributed by atoms with E-state index in [1.165, 1.54) is 6.42 Å². The lowest BCUT2D eigenvalue weighted by Gasteiger charge is -2.33. The van der Waals surface area contributed by atoms with Crippen LogP contribution in [-0.2, 0) is 0 Å². The first kappa shape index (κ1) is 26.5. The standard InChI is InChI=1S/C25H24BrN5O3.C3H8/c1-34-22-9-5-3-7-18(22)25(33)30-12-10-16(11-13-30)28-23-14-20(17-6-2-4-8-21(17)32)29-24-19(26)15-27-31(23)24;1-3-2/h2-9,14-16,28,32H,10-13H2,1H3;3H2,1-2H3. The van der Waals surface area contributed by atoms with Crippen LogP contribution in [0, 0.1) is 0 Å². The number of halogens is 1. The number of aromatic hydroxyl groups is 1. The largest absolute Gasteiger partial charge is 0.507 e. The minimum Gasteiger partial charge on any atom is -0.507 e. The predicted molar refractivity (Wildman–Crippen MR) is 149 cm³/mol. The number of rotatable bonds is 5. The minimum absolute atomic E-state index is 0.0138. The zero-order chi connectivity index (χ0) is 26.4. The van der Waals surface area contributed by atoms with Crippen LogP contribution >= 0.6 is 15.9 Å². The van der Waals surface area contributed by atoms with E-state index in [1.54, 1.807) is 42.1 Å². The van der Waals surface area contributed by atoms with Crippen molar-refractivity contribution >= 4 is 33.3 Å². The molecule has 1 aliphatic rings. The summed E-state index contributed by atoms with van der Waals surface area (Å²) in [4.78, 5) is 19.6. The molecule has 3 heterocycles. The number of para-hydroxylation sites is 2. The number of aromatic nitrogens is 3. The second kappa shape index (κ2) is 12.1. The molecule has 0 bridgehead atoms. The number of hydrogen-bond donors (Lipinski definition) is 2. The normalized spacial score (nSPS) is 13.7. The number of methoxy groups -OCH3 is 1. The van der Waals surface area contributed by atoms with Crippen molar-refractivity contribution in [1.82, 2.24) is 19.5 Å². The molecule has 1 amide bonds. The maximum Gasteiger partial charge on any atom is 0.257 e. The molecule has 2 aromatic carbocycles. The Balaban J connectivity index is 0.00000102. The number of hydrogen-bond acceptors (Lipinski definition) is 6. The number of carbonyl (C=O) groups excluding carboxylic acids is 1. The zero-order valence-electron chi connectivity index (χ0n) is 21.3. The van der Waals surface area contributed by atoms with E-state index in [9.17, 15) is 9.90 Å². The first-order chi connectivity index (χ1) is 18.0. The Bertz CT molecular complexity index is 1370. The lowest BCUT2D eigenvalue weighted by Crippen LogP contribution is -2.42. The quantitative estimate of drug-likeness (QED) is 0.308. The van der Waals surface area contributed by atoms with Crippen LogP contribution < -0.4 is 10.1 Å². The minimum atomic E-state index is -0.0138. The van der Waals surface area contributed by atoms with Gasteiger partial charge >= 0.3 is 0 Å². The molecular formula is C28H32BrN5O3. The molecule has 2 aromatic heterocycles. The van der Waals surface area contributed by atoms with Crippen molar-refractivity contribution in [2.45, 2.75) is 39.2 Å². The summed E-state index contributed by atoms with van der Waals surface area (Å²) < 4.78 is 7.88. The van der Waals surface area contributed by atoms with Crippen molar-refractivity contribution in [3.63, 3.8) is 0 Å². The molecule has 2 N–H and O–H groups in total. The summed E-state index contributed by atoms with van der Waals surface area (Å²) >= 11 is 3.52. The smallest absolute Gasteiger partial charge is 0.257 e. The van der Waals surface area contributed by atoms with Crippen LogP contribution in [0.1, 0.15) is 43.5 Å². The number of phenolic OH excluding ortho intramolecular Hbond substituents is 1. The van der Waals surface area contributed by atoms with Crippen LogP contribution in [0.15, 0.2) is 65.3 Å². The predicted octanol–water partition coefficient (Wildman–Crippen LogP) is 6.01. The fourth-order valence-corrected chi connectivity index (χ4v) is 4.64. The van der Waals surface area contributed by atoms with Crippen molar-refractivity contribution in [3.8, 4) is 22.8 Å². The van der Waals surface area contributed by atoms with Crippen LogP contribution in [-0.4, -0.2) is 56.8 Å². The molecule has 37 heavy (non-hydrogen) atoms. The first-order valence-electron chi connectivity index (χ1n) is 12.5. The Morgan fingerprint density at radius 2 is 1.81 bits per heavy atom. The Hall–Kier alpha value is -3.59. The van der Waals surface area contributed by atoms with Crippen molar-refractivity contribution < 1.29 is 14.6 Å². The molecule has 1 saturated heterocycles. The van der Waals surface area contributed by atoms with Gasteiger partial charge in [-0.2, -0.15) is 9.61 Å². The number of phenols is 1. The van der Waals surface area contributed by atoms with Crippen LogP contribution in [0.4, 0.5) is 5.82 Å². The van der Waals surface area contributed by atoms with Crippen LogP contribution in [0.25, 0.3) is 16.9 Å². The van der Waals surface area contributed by atoms with Gasteiger partial charge < -0.3 is 20.1 Å². The maximum absolute atomic E-state index is 13.0. The highest BCUT2D eigenvalue weighted by Crippen LogP contribution is 2.32. The summed E-state index contributed by atoms with van der Waals surface area (Å²) in [6.45, 7) is 5.52. The molecule has 0 atom stereocenters. The molecule has 8 nitrogen and oxygen atoms in total. The van der Waals surface area contributed by atoms with Crippen LogP contribution in [0.3, 0.4) is 0 Å². The van der Waals surface area contributed by atoms with E-state index in [1.807, 2.05) is 35.2 Å². The van der Waals surface area contributed by atoms with Crippen LogP contribution in [0.2, 0.25) is 0 Å². The fraction of sp³-hybridized carbons (Fsp3) is 0.321. The summed E-state index contributed by atoms with van der Waals surface area (Å²) in [5, 5.41) is 18.4. The van der Waals surface area contributed by atoms with E-state index >= 15 is 0 Å². The van der Waals surface area contributed by atoms with Gasteiger partial charge in [0.15, 0.2) is 5.65 Å². The van der Waals surface area contributed by atoms with Gasteiger partial charge in [-0.3, -0.25) is 4.79 Å². The molecule has 0 saturated carbocycles. The van der Waals surface area contributed by atoms with Crippen molar-refractivity contribution in [2.75, 3.05) is 25.5 Å². The summed E-state index contributed by atoms with van der Waals surface area (Å²) in [7, 11) is 1.58. The van der Waals surface area contributed by atoms with Gasteiger partial charge in [-0.25, -0.2) is 4.98 Å². The molecule has 0 unspecified atom stereocenters. The van der Waals surface area contributed by atoms with Gasteiger partial charge in [-0.05, 0) is 53.0 Å². The topological polar surface area (TPSA) is 92.0 Å². The van der Waals surface area contributed by atoms with E-state index in [0.717, 1.165) is 23.1 Å². The van der Waals surface area contributed by atoms with Crippen LogP contribution in [0.5, 0.6) is 11.5 Å². The SMILES string of the molecule is CCC.COc1ccccc1C(=O)N1CCC(Nc2cc(-c3ccccc3O)nc3c(Br)cnn23)CC1. The number of fused-ring (bicyclic) bond motifs is 1. The van der Waals surface area contributed by atoms with E-state index in [2.05, 4.69) is 40.2 Å². The first-order valence-corrected chi connectivity index (χ1v) is 13.3. The average molecular weight is 566 g/mol. The number of nitrogens with zero attached hydrogens (tertiary/aromatic N) is 4. The third kappa shape index (κ3) is 5.88. The number of anilines is 1. The molecule has 1 fully saturated rings. The van der Waals surface area contributed by atoms with Gasteiger partial charge in [-0.15, -0.1) is 0 Å². The van der Waals surface area contributed by atoms with E-state index in [4.69, 9.17) is 9.72 Å². The highest BCUT2D eigenvalue weighted by molar-refractivity contribution is 9.10. The van der Waals surface area contributed by atoms with Gasteiger partial charge in [0.2, 0.25) is 0 Å². The maximum atomic E-state index is 13.0. The number of benzene rings is 2. The fourth-order valence-electron chi connectivity index (χ4n) is 4.29. The molecule has 9 heteroatoms. The lowest BCUT2D eigenvalue weighted by molar-refractivity contribution is 0.0715. The Labute approximate surface area is 225 Å². The second-order valence-electron chi connectivity index (χ2n) is 8.89. The third-order valence-electron chi connectivity index (χ3n) is 6.08. The molecule has 5 rings (SSSR count). The Kier molecular flexibility index (Phi) is 8.66. The van der Waals surface area contributed by atoms with Crippen molar-refractivity contribution in [1.29, 1.82) is 0 Å². The third-order valence-corrected chi connectivity index (χ3v) is 6.64. The number of piperidine rings is 1. The van der Waals surface area contributed by atoms with Gasteiger partial charge in [0, 0.05) is 30.8 Å². The molecule has 0 radical (unpaired) electrons. The zero-order valence-corrected chi connectivity index (χ0v) is 22.9. The van der Waals surface area contributed by atoms with Gasteiger partial charge in [0.05, 0.1) is 29.0 Å². The summed E-state index contributed by atoms with van der Waals surface area (Å²) in [5.41, 5.74) is 2.55. The summed E-state index contributed by atoms with van der Waals surface area (Å²) in [5.74, 6) is 1.53. The number of nitrogens with one attached hydrogen (secondary N) is 1. The number of carbonyl (C=O) groups is 1. The molecular weight excluding hydrogens is 534 g/mol. The summed E-state index contributed by atoms with van der Waals surface area (Å²) in [6, 6.07) is 16.5. The summed E-state index contributed by atoms with van der Waals surface area (Å²) in [6.07, 6.45) is 4.54. The number of likely N-dealkylation sites (tertiary alicyclic amines) is 1. The van der Waals surface area contributed by atoms with E-state index in [0.29, 0.717) is 41.3 Å². The van der Waals surface area contributed by atoms with Crippen molar-refractivity contribution in [3.05, 3.63) is 70.8 Å². The molecule has 194 valence electrons. The monoisotopic (exact) mass is 565 g/mol. The van der Waals surface area contributed by atoms with E-state index in [-0.39, 0.29) is 17.7 Å². The lowest BCUT2D eigenvalue weighted by atomic mass is 10.0.